The Balaban J connectivity index is 0.000000160. The van der Waals surface area contributed by atoms with Gasteiger partial charge >= 0.3 is 18.3 Å². The molecule has 6 aromatic rings. The van der Waals surface area contributed by atoms with Gasteiger partial charge in [0.15, 0.2) is 35.0 Å². The highest BCUT2D eigenvalue weighted by Crippen LogP contribution is 2.60. The molecule has 0 heterocycles. The van der Waals surface area contributed by atoms with E-state index in [9.17, 15) is 54.0 Å². The van der Waals surface area contributed by atoms with Crippen LogP contribution in [0.3, 0.4) is 0 Å². The van der Waals surface area contributed by atoms with Crippen LogP contribution in [0.1, 0.15) is 45.4 Å². The van der Waals surface area contributed by atoms with Gasteiger partial charge in [-0.15, -0.1) is 0 Å². The third-order valence-electron chi connectivity index (χ3n) is 12.3. The Labute approximate surface area is 415 Å². The van der Waals surface area contributed by atoms with Gasteiger partial charge in [0.2, 0.25) is 6.10 Å². The van der Waals surface area contributed by atoms with E-state index in [0.717, 1.165) is 19.3 Å². The van der Waals surface area contributed by atoms with Gasteiger partial charge in [0, 0.05) is 0 Å². The molecule has 0 spiro atoms. The zero-order valence-corrected chi connectivity index (χ0v) is 40.8. The van der Waals surface area contributed by atoms with Crippen molar-refractivity contribution in [2.24, 2.45) is 23.2 Å². The SMILES string of the molecule is CC(O)(C(=O)[O-])C(F)(F)F.O=C(OC(CS(=O)(=O)[O-])C(F)(F)F)C12CC3CC(CC(C3)C1)C2.c1ccc([S+](c2ccccc2)c2ccccc2)cc1.c1ccc([S+](c2ccccc2)c2ccccc2)cc1. The summed E-state index contributed by atoms with van der Waals surface area (Å²) in [6, 6.07) is 64.3. The topological polar surface area (TPSA) is 144 Å². The minimum atomic E-state index is -5.19. The number of carbonyl (C=O) groups excluding carboxylic acids is 2. The van der Waals surface area contributed by atoms with Gasteiger partial charge in [0.05, 0.1) is 49.0 Å². The largest absolute Gasteiger partial charge is 0.748 e. The van der Waals surface area contributed by atoms with Gasteiger partial charge in [-0.1, -0.05) is 109 Å². The predicted octanol–water partition coefficient (Wildman–Crippen LogP) is 10.8. The van der Waals surface area contributed by atoms with Crippen molar-refractivity contribution < 1.29 is 63.9 Å². The van der Waals surface area contributed by atoms with Gasteiger partial charge in [-0.3, -0.25) is 4.79 Å². The quantitative estimate of drug-likeness (QED) is 0.0585. The normalized spacial score (nSPS) is 20.4. The van der Waals surface area contributed by atoms with E-state index >= 15 is 0 Å². The summed E-state index contributed by atoms with van der Waals surface area (Å²) in [5.41, 5.74) is -4.68. The van der Waals surface area contributed by atoms with E-state index in [4.69, 9.17) is 5.11 Å². The lowest BCUT2D eigenvalue weighted by atomic mass is 9.49. The van der Waals surface area contributed by atoms with Crippen molar-refractivity contribution in [3.63, 3.8) is 0 Å². The molecule has 0 saturated heterocycles. The number of hydrogen-bond donors (Lipinski definition) is 1. The number of rotatable bonds is 11. The fourth-order valence-electron chi connectivity index (χ4n) is 9.27. The highest BCUT2D eigenvalue weighted by Gasteiger charge is 2.57. The van der Waals surface area contributed by atoms with E-state index in [2.05, 4.69) is 187 Å². The molecule has 0 aliphatic heterocycles. The molecule has 2 atom stereocenters. The lowest BCUT2D eigenvalue weighted by Crippen LogP contribution is -2.56. The first-order valence-electron chi connectivity index (χ1n) is 22.6. The number of hydrogen-bond acceptors (Lipinski definition) is 8. The van der Waals surface area contributed by atoms with Crippen LogP contribution in [0.5, 0.6) is 0 Å². The molecule has 4 bridgehead atoms. The summed E-state index contributed by atoms with van der Waals surface area (Å²) in [5, 5.41) is 17.7. The van der Waals surface area contributed by atoms with E-state index in [0.29, 0.717) is 37.0 Å². The molecular formula is C54H52F6O8S3. The highest BCUT2D eigenvalue weighted by molar-refractivity contribution is 7.97. The van der Waals surface area contributed by atoms with Crippen molar-refractivity contribution >= 4 is 43.8 Å². The van der Waals surface area contributed by atoms with E-state index in [1.807, 2.05) is 0 Å². The Morgan fingerprint density at radius 3 is 1.01 bits per heavy atom. The summed E-state index contributed by atoms with van der Waals surface area (Å²) in [6.45, 7) is 0.113. The standard InChI is InChI=1S/2C18H15S.C14H19F3O5S.C4H5F3O3/c2*1-4-10-16(11-5-1)19(17-12-6-2-7-13-17)18-14-8-3-9-15-18;15-14(16,17)11(7-23(19,20)21)22-12(18)13-4-8-1-9(5-13)3-10(2-8)6-13;1-3(10,2(8)9)4(5,6)7/h2*1-15H;8-11H,1-7H2,(H,19,20,21);10H,1H3,(H,8,9)/q2*+1;;/p-2. The molecule has 0 amide bonds. The Kier molecular flexibility index (Phi) is 18.3. The monoisotopic (exact) mass is 1040 g/mol. The molecule has 6 aromatic carbocycles. The minimum Gasteiger partial charge on any atom is -0.748 e. The van der Waals surface area contributed by atoms with E-state index < -0.39 is 57.3 Å². The summed E-state index contributed by atoms with van der Waals surface area (Å²) in [4.78, 5) is 30.2. The van der Waals surface area contributed by atoms with Gasteiger partial charge in [0.25, 0.3) is 0 Å². The summed E-state index contributed by atoms with van der Waals surface area (Å²) in [7, 11) is -5.18. The third-order valence-corrected chi connectivity index (χ3v) is 17.4. The Hall–Kier alpha value is -5.59. The molecular weight excluding hydrogens is 987 g/mol. The average Bonchev–Trinajstić information content (AvgIpc) is 3.33. The molecule has 1 N–H and O–H groups in total. The second kappa shape index (κ2) is 23.8. The average molecular weight is 1040 g/mol. The van der Waals surface area contributed by atoms with Crippen molar-refractivity contribution in [2.45, 2.75) is 98.9 Å². The van der Waals surface area contributed by atoms with Crippen LogP contribution in [0.15, 0.2) is 211 Å². The Bertz CT molecular complexity index is 2370. The maximum Gasteiger partial charge on any atom is 0.426 e. The number of aliphatic carboxylic acids is 1. The van der Waals surface area contributed by atoms with Crippen molar-refractivity contribution in [3.05, 3.63) is 182 Å². The summed E-state index contributed by atoms with van der Waals surface area (Å²) >= 11 is 0. The fraction of sp³-hybridized carbons (Fsp3) is 0.296. The van der Waals surface area contributed by atoms with Crippen LogP contribution in [-0.2, 0) is 46.2 Å². The predicted molar refractivity (Wildman–Crippen MR) is 256 cm³/mol. The number of alkyl halides is 6. The molecule has 4 aliphatic rings. The molecule has 0 aromatic heterocycles. The summed E-state index contributed by atoms with van der Waals surface area (Å²) in [6.07, 6.45) is -8.61. The second-order valence-corrected chi connectivity index (χ2v) is 23.2. The molecule has 4 aliphatic carbocycles. The van der Waals surface area contributed by atoms with Crippen molar-refractivity contribution in [2.75, 3.05) is 5.75 Å². The van der Waals surface area contributed by atoms with Crippen LogP contribution >= 0.6 is 0 Å². The van der Waals surface area contributed by atoms with Gasteiger partial charge in [-0.2, -0.15) is 26.3 Å². The zero-order valence-electron chi connectivity index (χ0n) is 38.4. The van der Waals surface area contributed by atoms with Crippen LogP contribution < -0.4 is 5.11 Å². The molecule has 17 heteroatoms. The molecule has 10 rings (SSSR count). The third kappa shape index (κ3) is 15.0. The number of carbonyl (C=O) groups is 2. The molecule has 71 heavy (non-hydrogen) atoms. The van der Waals surface area contributed by atoms with Crippen LogP contribution in [0, 0.1) is 23.2 Å². The molecule has 8 nitrogen and oxygen atoms in total. The fourth-order valence-corrected chi connectivity index (χ4v) is 14.1. The maximum absolute atomic E-state index is 12.9. The first-order valence-corrected chi connectivity index (χ1v) is 26.6. The first kappa shape index (κ1) is 54.7. The zero-order chi connectivity index (χ0) is 51.5. The number of carboxylic acids is 1. The van der Waals surface area contributed by atoms with Crippen LogP contribution in [0.4, 0.5) is 26.3 Å². The van der Waals surface area contributed by atoms with Crippen LogP contribution in [0.2, 0.25) is 0 Å². The second-order valence-electron chi connectivity index (χ2n) is 17.7. The highest BCUT2D eigenvalue weighted by atomic mass is 32.2. The molecule has 4 saturated carbocycles. The number of benzene rings is 6. The van der Waals surface area contributed by atoms with Gasteiger partial charge in [-0.25, -0.2) is 8.42 Å². The minimum absolute atomic E-state index is 0.0146. The van der Waals surface area contributed by atoms with E-state index in [-0.39, 0.29) is 28.7 Å². The van der Waals surface area contributed by atoms with Gasteiger partial charge in [0.1, 0.15) is 0 Å². The molecule has 2 unspecified atom stereocenters. The van der Waals surface area contributed by atoms with Crippen molar-refractivity contribution in [1.29, 1.82) is 0 Å². The number of ether oxygens (including phenoxy) is 1. The van der Waals surface area contributed by atoms with Crippen LogP contribution in [0.25, 0.3) is 0 Å². The Morgan fingerprint density at radius 1 is 0.577 bits per heavy atom. The van der Waals surface area contributed by atoms with Crippen molar-refractivity contribution in [1.82, 2.24) is 0 Å². The van der Waals surface area contributed by atoms with Crippen molar-refractivity contribution in [3.8, 4) is 0 Å². The summed E-state index contributed by atoms with van der Waals surface area (Å²) < 4.78 is 109. The first-order chi connectivity index (χ1) is 33.6. The lowest BCUT2D eigenvalue weighted by Gasteiger charge is -2.55. The number of carboxylic acid groups (broad SMARTS) is 1. The molecule has 0 radical (unpaired) electrons. The van der Waals surface area contributed by atoms with Gasteiger partial charge in [-0.05, 0) is 136 Å². The number of esters is 1. The maximum atomic E-state index is 12.9. The molecule has 376 valence electrons. The number of aliphatic hydroxyl groups is 1. The van der Waals surface area contributed by atoms with E-state index in [1.165, 1.54) is 29.4 Å². The lowest BCUT2D eigenvalue weighted by molar-refractivity contribution is -0.351. The molecule has 4 fully saturated rings. The van der Waals surface area contributed by atoms with E-state index in [1.54, 1.807) is 0 Å². The van der Waals surface area contributed by atoms with Gasteiger partial charge < -0.3 is 24.3 Å². The number of halogens is 6. The smallest absolute Gasteiger partial charge is 0.426 e. The van der Waals surface area contributed by atoms with Crippen LogP contribution in [-0.4, -0.2) is 59.8 Å². The summed E-state index contributed by atoms with van der Waals surface area (Å²) in [5.74, 6) is -4.30. The Morgan fingerprint density at radius 2 is 0.831 bits per heavy atom.